The minimum Gasteiger partial charge on any atom is -0.479 e. The summed E-state index contributed by atoms with van der Waals surface area (Å²) in [5.74, 6) is -5.03. The number of esters is 1. The molecule has 0 radical (unpaired) electrons. The van der Waals surface area contributed by atoms with E-state index in [2.05, 4.69) is 20.9 Å². The lowest BCUT2D eigenvalue weighted by Crippen LogP contribution is -2.64. The molecule has 4 aromatic rings. The van der Waals surface area contributed by atoms with Crippen molar-refractivity contribution >= 4 is 70.6 Å². The molecule has 0 bridgehead atoms. The zero-order chi connectivity index (χ0) is 64.0. The van der Waals surface area contributed by atoms with Crippen molar-refractivity contribution in [2.45, 2.75) is 192 Å². The zero-order valence-corrected chi connectivity index (χ0v) is 50.2. The number of rotatable bonds is 25. The molecule has 15 atom stereocenters. The van der Waals surface area contributed by atoms with Gasteiger partial charge in [0.2, 0.25) is 11.8 Å². The van der Waals surface area contributed by atoms with Crippen molar-refractivity contribution in [1.29, 1.82) is 0 Å². The lowest BCUT2D eigenvalue weighted by atomic mass is 9.75. The Hall–Kier alpha value is -5.73. The van der Waals surface area contributed by atoms with Crippen LogP contribution in [0.25, 0.3) is 10.8 Å². The van der Waals surface area contributed by atoms with E-state index < -0.39 is 190 Å². The third kappa shape index (κ3) is 16.8. The summed E-state index contributed by atoms with van der Waals surface area (Å²) in [7, 11) is -15.5. The number of hydrogen-bond acceptors (Lipinski definition) is 23. The highest BCUT2D eigenvalue weighted by Crippen LogP contribution is 2.41. The molecule has 1 aromatic heterocycles. The van der Waals surface area contributed by atoms with Crippen LogP contribution in [0, 0.1) is 17.8 Å². The van der Waals surface area contributed by atoms with Gasteiger partial charge in [0, 0.05) is 30.5 Å². The molecule has 486 valence electrons. The van der Waals surface area contributed by atoms with Crippen molar-refractivity contribution in [2.75, 3.05) is 18.5 Å². The van der Waals surface area contributed by atoms with Gasteiger partial charge in [-0.1, -0.05) is 68.9 Å². The number of anilines is 1. The van der Waals surface area contributed by atoms with Crippen molar-refractivity contribution in [1.82, 2.24) is 20.3 Å². The monoisotopic (exact) mass is 1300 g/mol. The molecule has 2 saturated carbocycles. The fraction of sp³-hybridized carbons (Fsp3) is 0.600. The first-order chi connectivity index (χ1) is 41.5. The maximum Gasteiger partial charge on any atom is 0.338 e. The van der Waals surface area contributed by atoms with Crippen LogP contribution in [0.15, 0.2) is 75.5 Å². The lowest BCUT2D eigenvalue weighted by molar-refractivity contribution is -0.349. The molecule has 3 heterocycles. The van der Waals surface area contributed by atoms with Gasteiger partial charge in [0.15, 0.2) is 24.8 Å². The number of aliphatic carboxylic acids is 1. The minimum atomic E-state index is -5.30. The van der Waals surface area contributed by atoms with Gasteiger partial charge in [-0.15, -0.1) is 5.10 Å². The molecule has 4 aliphatic rings. The maximum absolute atomic E-state index is 14.3. The Morgan fingerprint density at radius 2 is 1.48 bits per heavy atom. The summed E-state index contributed by atoms with van der Waals surface area (Å²) in [6.07, 6.45) is -13.5. The van der Waals surface area contributed by atoms with E-state index in [-0.39, 0.29) is 50.3 Å². The Kier molecular flexibility index (Phi) is 22.5. The molecule has 8 rings (SSSR count). The SMILES string of the molecule is CC[C@H]1C[C@@H](C(=O)NCCCc2cn(CCC(=O)Nc3cc(S(=O)(=O)O)cc4cc(S(=O)(=O)O)cc(S(=O)(=O)O)c34)nn2)C[C@@H](O[C@@H]2O[C@H](CO)[C@H](O)[C@H](O[C@@H](CC3CCCCC3)C(=O)O)[C@H]2OC(=O)c2ccccc2)[C@@H]1O[C@@H]1O[C@@H](C)[C@@H](O)[C@@H](O)[C@@H]1O. The number of carbonyl (C=O) groups excluding carboxylic acids is 3. The summed E-state index contributed by atoms with van der Waals surface area (Å²) >= 11 is 0. The van der Waals surface area contributed by atoms with E-state index >= 15 is 0 Å². The molecule has 2 amide bonds. The van der Waals surface area contributed by atoms with Gasteiger partial charge >= 0.3 is 11.9 Å². The molecular weight excluding hydrogens is 1230 g/mol. The number of aliphatic hydroxyl groups excluding tert-OH is 5. The maximum atomic E-state index is 14.3. The van der Waals surface area contributed by atoms with Gasteiger partial charge in [-0.05, 0) is 92.6 Å². The van der Waals surface area contributed by atoms with E-state index in [0.717, 1.165) is 32.1 Å². The number of carboxylic acid groups (broad SMARTS) is 1. The lowest BCUT2D eigenvalue weighted by Gasteiger charge is -2.48. The first-order valence-corrected chi connectivity index (χ1v) is 33.0. The second kappa shape index (κ2) is 29.0. The van der Waals surface area contributed by atoms with Crippen LogP contribution in [0.2, 0.25) is 0 Å². The summed E-state index contributed by atoms with van der Waals surface area (Å²) in [6.45, 7) is 2.36. The van der Waals surface area contributed by atoms with Gasteiger partial charge in [0.25, 0.3) is 30.4 Å². The molecule has 0 spiro atoms. The zero-order valence-electron chi connectivity index (χ0n) is 47.7. The molecular formula is C55H73N5O25S3. The van der Waals surface area contributed by atoms with E-state index in [1.807, 2.05) is 0 Å². The largest absolute Gasteiger partial charge is 0.479 e. The van der Waals surface area contributed by atoms with Crippen molar-refractivity contribution in [3.8, 4) is 0 Å². The second-order valence-electron chi connectivity index (χ2n) is 22.5. The van der Waals surface area contributed by atoms with Crippen molar-refractivity contribution in [2.24, 2.45) is 17.8 Å². The van der Waals surface area contributed by atoms with Crippen LogP contribution in [0.1, 0.15) is 101 Å². The summed E-state index contributed by atoms with van der Waals surface area (Å²) in [5, 5.41) is 77.6. The van der Waals surface area contributed by atoms with Crippen LogP contribution in [0.5, 0.6) is 0 Å². The Bertz CT molecular complexity index is 3460. The number of carbonyl (C=O) groups is 4. The van der Waals surface area contributed by atoms with Gasteiger partial charge in [0.05, 0.1) is 58.2 Å². The highest BCUT2D eigenvalue weighted by atomic mass is 32.2. The summed E-state index contributed by atoms with van der Waals surface area (Å²) in [4.78, 5) is 51.3. The number of ether oxygens (including phenoxy) is 6. The van der Waals surface area contributed by atoms with Gasteiger partial charge in [0.1, 0.15) is 41.5 Å². The molecule has 2 aliphatic heterocycles. The first-order valence-electron chi connectivity index (χ1n) is 28.6. The number of fused-ring (bicyclic) bond motifs is 1. The third-order valence-electron chi connectivity index (χ3n) is 16.3. The summed E-state index contributed by atoms with van der Waals surface area (Å²) in [5.41, 5.74) is -0.0971. The summed E-state index contributed by atoms with van der Waals surface area (Å²) in [6, 6.07) is 10.1. The fourth-order valence-corrected chi connectivity index (χ4v) is 13.6. The Labute approximate surface area is 506 Å². The molecule has 30 nitrogen and oxygen atoms in total. The molecule has 4 fully saturated rings. The molecule has 88 heavy (non-hydrogen) atoms. The van der Waals surface area contributed by atoms with E-state index in [9.17, 15) is 88.7 Å². The Balaban J connectivity index is 0.970. The van der Waals surface area contributed by atoms with E-state index in [1.54, 1.807) is 25.1 Å². The van der Waals surface area contributed by atoms with Crippen molar-refractivity contribution in [3.05, 3.63) is 72.1 Å². The van der Waals surface area contributed by atoms with Crippen LogP contribution < -0.4 is 10.6 Å². The first kappa shape index (κ1) is 68.2. The predicted molar refractivity (Wildman–Crippen MR) is 301 cm³/mol. The smallest absolute Gasteiger partial charge is 0.338 e. The number of carboxylic acids is 1. The number of benzene rings is 3. The minimum absolute atomic E-state index is 0.0267. The van der Waals surface area contributed by atoms with Crippen LogP contribution in [-0.2, 0) is 86.1 Å². The standard InChI is InChI=1S/C55H73N5O25S3/c1-3-30-20-33(51(67)56-17-10-15-34-26-60(59-58-34)18-16-42(62)57-37-24-35(86(71,72)73)21-32-22-36(87(74,75)76)25-41(43(32)37)88(77,78)79)23-38(48(30)85-54-47(66)46(65)44(63)28(2)80-54)82-55-50(84-53(70)31-13-8-5-9-14-31)49(45(64)40(27-61)83-55)81-39(52(68)69)19-29-11-6-4-7-12-29/h5,8-9,13-14,21-22,24-26,28-30,33,38-40,44-50,54-55,61,63-66H,3-4,6-7,10-12,15-20,23,27H2,1-2H3,(H,56,67)(H,57,62)(H,68,69)(H,71,72,73)(H,74,75,76)(H,77,78,79)/t28-,30-,33+,38+,39-,40+,44+,45-,46+,47-,48+,49-,50+,54-,55+/m0/s1. The predicted octanol–water partition coefficient (Wildman–Crippen LogP) is 1.40. The van der Waals surface area contributed by atoms with Crippen molar-refractivity contribution in [3.63, 3.8) is 0 Å². The van der Waals surface area contributed by atoms with Crippen LogP contribution >= 0.6 is 0 Å². The number of aryl methyl sites for hydroxylation is 2. The van der Waals surface area contributed by atoms with Crippen LogP contribution in [-0.4, -0.2) is 201 Å². The number of amides is 2. The Morgan fingerprint density at radius 1 is 0.795 bits per heavy atom. The van der Waals surface area contributed by atoms with E-state index in [4.69, 9.17) is 28.4 Å². The molecule has 33 heteroatoms. The van der Waals surface area contributed by atoms with E-state index in [1.165, 1.54) is 29.9 Å². The quantitative estimate of drug-likeness (QED) is 0.0254. The van der Waals surface area contributed by atoms with Gasteiger partial charge in [-0.3, -0.25) is 27.9 Å². The highest BCUT2D eigenvalue weighted by Gasteiger charge is 2.54. The number of aliphatic hydroxyl groups is 5. The molecule has 3 aromatic carbocycles. The summed E-state index contributed by atoms with van der Waals surface area (Å²) < 4.78 is 141. The number of nitrogens with one attached hydrogen (secondary N) is 2. The van der Waals surface area contributed by atoms with Gasteiger partial charge in [-0.25, -0.2) is 9.59 Å². The number of hydrogen-bond donors (Lipinski definition) is 11. The molecule has 2 saturated heterocycles. The average Bonchev–Trinajstić information content (AvgIpc) is 3.98. The molecule has 2 aliphatic carbocycles. The van der Waals surface area contributed by atoms with E-state index in [0.29, 0.717) is 42.8 Å². The second-order valence-corrected chi connectivity index (χ2v) is 26.7. The Morgan fingerprint density at radius 3 is 2.11 bits per heavy atom. The average molecular weight is 1300 g/mol. The van der Waals surface area contributed by atoms with Gasteiger partial charge < -0.3 is 69.7 Å². The topological polar surface area (TPSA) is 463 Å². The third-order valence-corrected chi connectivity index (χ3v) is 18.9. The normalized spacial score (nSPS) is 28.6. The van der Waals surface area contributed by atoms with Crippen molar-refractivity contribution < 1.29 is 117 Å². The molecule has 11 N–H and O–H groups in total. The highest BCUT2D eigenvalue weighted by molar-refractivity contribution is 7.87. The van der Waals surface area contributed by atoms with Gasteiger partial charge in [-0.2, -0.15) is 25.3 Å². The fourth-order valence-electron chi connectivity index (χ4n) is 11.7. The molecule has 0 unspecified atom stereocenters. The van der Waals surface area contributed by atoms with Crippen LogP contribution in [0.4, 0.5) is 5.69 Å². The number of aromatic nitrogens is 3. The number of nitrogens with zero attached hydrogens (tertiary/aromatic N) is 3. The van der Waals surface area contributed by atoms with Crippen LogP contribution in [0.3, 0.4) is 0 Å².